The largest absolute Gasteiger partial charge is 0.350 e. The van der Waals surface area contributed by atoms with Gasteiger partial charge in [-0.15, -0.1) is 0 Å². The first-order valence-corrected chi connectivity index (χ1v) is 11.9. The Morgan fingerprint density at radius 3 is 2.44 bits per heavy atom. The molecule has 2 N–H and O–H groups in total. The Hall–Kier alpha value is -3.06. The van der Waals surface area contributed by atoms with Crippen molar-refractivity contribution in [1.29, 1.82) is 0 Å². The van der Waals surface area contributed by atoms with E-state index in [1.165, 1.54) is 5.56 Å². The average Bonchev–Trinajstić information content (AvgIpc) is 3.35. The first-order valence-electron chi connectivity index (χ1n) is 10.7. The van der Waals surface area contributed by atoms with E-state index in [-0.39, 0.29) is 23.8 Å². The van der Waals surface area contributed by atoms with E-state index in [1.54, 1.807) is 16.4 Å². The third kappa shape index (κ3) is 5.05. The second-order valence-electron chi connectivity index (χ2n) is 8.97. The van der Waals surface area contributed by atoms with Gasteiger partial charge in [0.15, 0.2) is 0 Å². The van der Waals surface area contributed by atoms with Gasteiger partial charge >= 0.3 is 0 Å². The number of hydrogen-bond acceptors (Lipinski definition) is 4. The topological polar surface area (TPSA) is 76.0 Å². The van der Waals surface area contributed by atoms with Crippen molar-refractivity contribution in [3.63, 3.8) is 0 Å². The molecule has 2 aromatic carbocycles. The Kier molecular flexibility index (Phi) is 6.37. The van der Waals surface area contributed by atoms with E-state index in [9.17, 15) is 9.59 Å². The summed E-state index contributed by atoms with van der Waals surface area (Å²) < 4.78 is 1.62. The predicted molar refractivity (Wildman–Crippen MR) is 129 cm³/mol. The third-order valence-corrected chi connectivity index (χ3v) is 6.46. The van der Waals surface area contributed by atoms with Gasteiger partial charge in [-0.05, 0) is 28.7 Å². The van der Waals surface area contributed by atoms with Crippen LogP contribution in [0.2, 0.25) is 0 Å². The first-order chi connectivity index (χ1) is 15.3. The lowest BCUT2D eigenvalue weighted by Crippen LogP contribution is -2.28. The molecule has 3 aromatic rings. The number of fused-ring (bicyclic) bond motifs is 1. The summed E-state index contributed by atoms with van der Waals surface area (Å²) >= 11 is 1.76. The molecule has 0 radical (unpaired) electrons. The lowest BCUT2D eigenvalue weighted by atomic mass is 9.87. The van der Waals surface area contributed by atoms with Crippen LogP contribution in [0, 0.1) is 0 Å². The fraction of sp³-hybridized carbons (Fsp3) is 0.320. The molecule has 0 unspecified atom stereocenters. The summed E-state index contributed by atoms with van der Waals surface area (Å²) in [6, 6.07) is 17.4. The number of hydrogen-bond donors (Lipinski definition) is 2. The summed E-state index contributed by atoms with van der Waals surface area (Å²) in [4.78, 5) is 25.5. The van der Waals surface area contributed by atoms with Crippen molar-refractivity contribution in [3.05, 3.63) is 82.5 Å². The maximum absolute atomic E-state index is 13.0. The number of nitrogens with one attached hydrogen (secondary N) is 2. The van der Waals surface area contributed by atoms with Gasteiger partial charge in [0, 0.05) is 29.2 Å². The van der Waals surface area contributed by atoms with E-state index in [4.69, 9.17) is 0 Å². The van der Waals surface area contributed by atoms with E-state index in [1.807, 2.05) is 54.6 Å². The molecule has 1 aliphatic rings. The van der Waals surface area contributed by atoms with Gasteiger partial charge < -0.3 is 10.6 Å². The molecule has 0 saturated carbocycles. The fourth-order valence-corrected chi connectivity index (χ4v) is 4.64. The van der Waals surface area contributed by atoms with Crippen LogP contribution in [-0.4, -0.2) is 21.6 Å². The molecule has 0 aliphatic carbocycles. The molecule has 7 heteroatoms. The van der Waals surface area contributed by atoms with Gasteiger partial charge in [-0.1, -0.05) is 63.2 Å². The molecule has 0 saturated heterocycles. The summed E-state index contributed by atoms with van der Waals surface area (Å²) in [5.41, 5.74) is 4.76. The van der Waals surface area contributed by atoms with Crippen LogP contribution >= 0.6 is 11.8 Å². The number of anilines is 1. The van der Waals surface area contributed by atoms with Gasteiger partial charge in [-0.25, -0.2) is 4.68 Å². The van der Waals surface area contributed by atoms with Crippen LogP contribution in [0.15, 0.2) is 54.6 Å². The number of rotatable bonds is 6. The molecule has 0 fully saturated rings. The van der Waals surface area contributed by atoms with Gasteiger partial charge in [-0.2, -0.15) is 16.9 Å². The number of nitrogens with zero attached hydrogens (tertiary/aromatic N) is 2. The molecule has 1 aromatic heterocycles. The van der Waals surface area contributed by atoms with E-state index < -0.39 is 0 Å². The first kappa shape index (κ1) is 22.1. The quantitative estimate of drug-likeness (QED) is 0.582. The Balaban J connectivity index is 1.47. The van der Waals surface area contributed by atoms with Crippen LogP contribution < -0.4 is 10.6 Å². The molecule has 32 heavy (non-hydrogen) atoms. The highest BCUT2D eigenvalue weighted by atomic mass is 32.2. The van der Waals surface area contributed by atoms with Crippen LogP contribution in [-0.2, 0) is 34.8 Å². The molecule has 2 amide bonds. The van der Waals surface area contributed by atoms with Gasteiger partial charge in [0.25, 0.3) is 5.91 Å². The molecule has 1 aliphatic heterocycles. The summed E-state index contributed by atoms with van der Waals surface area (Å²) in [6.45, 7) is 6.95. The second kappa shape index (κ2) is 9.20. The number of aromatic nitrogens is 2. The van der Waals surface area contributed by atoms with Crippen molar-refractivity contribution in [1.82, 2.24) is 15.1 Å². The van der Waals surface area contributed by atoms with Gasteiger partial charge in [0.1, 0.15) is 12.4 Å². The number of carbonyl (C=O) groups excluding carboxylic acids is 2. The molecule has 166 valence electrons. The van der Waals surface area contributed by atoms with Crippen LogP contribution in [0.5, 0.6) is 0 Å². The number of thioether (sulfide) groups is 1. The number of amides is 2. The smallest absolute Gasteiger partial charge is 0.256 e. The Morgan fingerprint density at radius 2 is 1.75 bits per heavy atom. The van der Waals surface area contributed by atoms with Crippen molar-refractivity contribution in [2.24, 2.45) is 0 Å². The molecule has 2 heterocycles. The minimum atomic E-state index is -0.198. The minimum absolute atomic E-state index is 0.0266. The minimum Gasteiger partial charge on any atom is -0.350 e. The predicted octanol–water partition coefficient (Wildman–Crippen LogP) is 4.50. The van der Waals surface area contributed by atoms with E-state index >= 15 is 0 Å². The van der Waals surface area contributed by atoms with E-state index in [2.05, 4.69) is 36.5 Å². The Bertz CT molecular complexity index is 1120. The Labute approximate surface area is 192 Å². The van der Waals surface area contributed by atoms with Crippen LogP contribution in [0.25, 0.3) is 0 Å². The van der Waals surface area contributed by atoms with E-state index in [0.29, 0.717) is 17.9 Å². The van der Waals surface area contributed by atoms with Crippen LogP contribution in [0.1, 0.15) is 53.5 Å². The van der Waals surface area contributed by atoms with Crippen LogP contribution in [0.4, 0.5) is 5.82 Å². The highest BCUT2D eigenvalue weighted by Crippen LogP contribution is 2.35. The number of benzene rings is 2. The average molecular weight is 449 g/mol. The normalized spacial score (nSPS) is 13.0. The molecule has 4 rings (SSSR count). The molecule has 6 nitrogen and oxygen atoms in total. The summed E-state index contributed by atoms with van der Waals surface area (Å²) in [5.74, 6) is 1.84. The molecule has 0 bridgehead atoms. The standard InChI is InChI=1S/C25H28N4O2S/c1-25(2,3)19-11-9-18(10-12-19)24(31)27-23-20-15-32-16-21(20)28-29(23)14-22(30)26-13-17-7-5-4-6-8-17/h4-12H,13-16H2,1-3H3,(H,26,30)(H,27,31). The maximum Gasteiger partial charge on any atom is 0.256 e. The monoisotopic (exact) mass is 448 g/mol. The summed E-state index contributed by atoms with van der Waals surface area (Å²) in [5, 5.41) is 10.5. The highest BCUT2D eigenvalue weighted by Gasteiger charge is 2.25. The van der Waals surface area contributed by atoms with Crippen LogP contribution in [0.3, 0.4) is 0 Å². The summed E-state index contributed by atoms with van der Waals surface area (Å²) in [7, 11) is 0. The van der Waals surface area contributed by atoms with E-state index in [0.717, 1.165) is 28.3 Å². The van der Waals surface area contributed by atoms with Gasteiger partial charge in [-0.3, -0.25) is 9.59 Å². The second-order valence-corrected chi connectivity index (χ2v) is 9.95. The fourth-order valence-electron chi connectivity index (χ4n) is 3.61. The molecular weight excluding hydrogens is 420 g/mol. The lowest BCUT2D eigenvalue weighted by Gasteiger charge is -2.19. The Morgan fingerprint density at radius 1 is 1.03 bits per heavy atom. The molecule has 0 atom stereocenters. The lowest BCUT2D eigenvalue weighted by molar-refractivity contribution is -0.122. The van der Waals surface area contributed by atoms with Crippen molar-refractivity contribution < 1.29 is 9.59 Å². The third-order valence-electron chi connectivity index (χ3n) is 5.49. The SMILES string of the molecule is CC(C)(C)c1ccc(C(=O)Nc2c3c(nn2CC(=O)NCc2ccccc2)CSC3)cc1. The molecule has 0 spiro atoms. The molecular formula is C25H28N4O2S. The van der Waals surface area contributed by atoms with Crippen molar-refractivity contribution >= 4 is 29.4 Å². The van der Waals surface area contributed by atoms with Crippen molar-refractivity contribution in [2.75, 3.05) is 5.32 Å². The zero-order chi connectivity index (χ0) is 22.7. The zero-order valence-corrected chi connectivity index (χ0v) is 19.5. The van der Waals surface area contributed by atoms with Gasteiger partial charge in [0.2, 0.25) is 5.91 Å². The van der Waals surface area contributed by atoms with Crippen molar-refractivity contribution in [2.45, 2.75) is 50.8 Å². The number of carbonyl (C=O) groups is 2. The maximum atomic E-state index is 13.0. The van der Waals surface area contributed by atoms with Crippen molar-refractivity contribution in [3.8, 4) is 0 Å². The van der Waals surface area contributed by atoms with Gasteiger partial charge in [0.05, 0.1) is 5.69 Å². The highest BCUT2D eigenvalue weighted by molar-refractivity contribution is 7.98. The zero-order valence-electron chi connectivity index (χ0n) is 18.6. The summed E-state index contributed by atoms with van der Waals surface area (Å²) in [6.07, 6.45) is 0.